The molecular weight excluding hydrogens is 400 g/mol. The molecule has 144 valence electrons. The van der Waals surface area contributed by atoms with Crippen LogP contribution in [0.15, 0.2) is 35.3 Å². The molecule has 28 heavy (non-hydrogen) atoms. The second-order valence-corrected chi connectivity index (χ2v) is 7.44. The average Bonchev–Trinajstić information content (AvgIpc) is 3.03. The molecular formula is C20H17ClN2O4S. The standard InChI is InChI=1S/C20H17ClN2O4S/c21-13-5-3-12(4-6-13)10-14-16(2-1-8-24)28-20-17(14)18(26)15(19(22)27)11-23(20)7-9-25/h3-6,11,24-25H,7-10H2,(H2,22,27). The van der Waals surface area contributed by atoms with Crippen LogP contribution in [-0.4, -0.2) is 33.9 Å². The van der Waals surface area contributed by atoms with Crippen molar-refractivity contribution in [1.82, 2.24) is 4.57 Å². The number of amides is 1. The van der Waals surface area contributed by atoms with Gasteiger partial charge in [0.2, 0.25) is 5.43 Å². The summed E-state index contributed by atoms with van der Waals surface area (Å²) in [6.07, 6.45) is 1.76. The Kier molecular flexibility index (Phi) is 6.17. The zero-order valence-electron chi connectivity index (χ0n) is 14.7. The summed E-state index contributed by atoms with van der Waals surface area (Å²) in [4.78, 5) is 26.0. The number of nitrogens with zero attached hydrogens (tertiary/aromatic N) is 1. The third-order valence-electron chi connectivity index (χ3n) is 4.19. The van der Waals surface area contributed by atoms with Gasteiger partial charge in [0, 0.05) is 24.2 Å². The second kappa shape index (κ2) is 8.59. The third-order valence-corrected chi connectivity index (χ3v) is 5.62. The van der Waals surface area contributed by atoms with E-state index in [0.717, 1.165) is 5.56 Å². The molecule has 0 radical (unpaired) electrons. The maximum atomic E-state index is 13.0. The van der Waals surface area contributed by atoms with Gasteiger partial charge in [0.25, 0.3) is 5.91 Å². The summed E-state index contributed by atoms with van der Waals surface area (Å²) in [5.41, 5.74) is 6.35. The number of carbonyl (C=O) groups excluding carboxylic acids is 1. The molecule has 0 fully saturated rings. The van der Waals surface area contributed by atoms with E-state index in [4.69, 9.17) is 22.4 Å². The van der Waals surface area contributed by atoms with Gasteiger partial charge in [-0.05, 0) is 23.3 Å². The van der Waals surface area contributed by atoms with E-state index < -0.39 is 11.3 Å². The Labute approximate surface area is 169 Å². The number of fused-ring (bicyclic) bond motifs is 1. The molecule has 0 aliphatic heterocycles. The highest BCUT2D eigenvalue weighted by Crippen LogP contribution is 2.31. The Bertz CT molecular complexity index is 1150. The van der Waals surface area contributed by atoms with Crippen LogP contribution in [0.1, 0.15) is 26.4 Å². The van der Waals surface area contributed by atoms with Gasteiger partial charge in [-0.2, -0.15) is 0 Å². The van der Waals surface area contributed by atoms with E-state index in [-0.39, 0.29) is 25.3 Å². The Morgan fingerprint density at radius 3 is 2.57 bits per heavy atom. The van der Waals surface area contributed by atoms with Crippen LogP contribution in [0, 0.1) is 11.8 Å². The Hall–Kier alpha value is -2.63. The number of rotatable bonds is 5. The number of aliphatic hydroxyl groups is 2. The van der Waals surface area contributed by atoms with Gasteiger partial charge in [-0.25, -0.2) is 0 Å². The summed E-state index contributed by atoms with van der Waals surface area (Å²) < 4.78 is 1.64. The summed E-state index contributed by atoms with van der Waals surface area (Å²) >= 11 is 7.22. The van der Waals surface area contributed by atoms with Gasteiger partial charge in [0.15, 0.2) is 0 Å². The maximum absolute atomic E-state index is 13.0. The molecule has 0 saturated heterocycles. The lowest BCUT2D eigenvalue weighted by molar-refractivity contribution is 0.0998. The van der Waals surface area contributed by atoms with E-state index >= 15 is 0 Å². The lowest BCUT2D eigenvalue weighted by atomic mass is 10.0. The lowest BCUT2D eigenvalue weighted by Gasteiger charge is -2.09. The Balaban J connectivity index is 2.32. The zero-order valence-corrected chi connectivity index (χ0v) is 16.3. The van der Waals surface area contributed by atoms with Crippen LogP contribution in [0.3, 0.4) is 0 Å². The van der Waals surface area contributed by atoms with Gasteiger partial charge in [-0.1, -0.05) is 35.6 Å². The molecule has 0 unspecified atom stereocenters. The van der Waals surface area contributed by atoms with Crippen molar-refractivity contribution >= 4 is 39.1 Å². The highest BCUT2D eigenvalue weighted by molar-refractivity contribution is 7.19. The minimum atomic E-state index is -0.828. The summed E-state index contributed by atoms with van der Waals surface area (Å²) in [5, 5.41) is 19.4. The number of hydrogen-bond acceptors (Lipinski definition) is 5. The monoisotopic (exact) mass is 416 g/mol. The quantitative estimate of drug-likeness (QED) is 0.551. The van der Waals surface area contributed by atoms with E-state index in [9.17, 15) is 14.7 Å². The molecule has 3 rings (SSSR count). The largest absolute Gasteiger partial charge is 0.395 e. The van der Waals surface area contributed by atoms with Gasteiger partial charge in [-0.3, -0.25) is 9.59 Å². The Morgan fingerprint density at radius 1 is 1.25 bits per heavy atom. The van der Waals surface area contributed by atoms with Crippen LogP contribution in [0.4, 0.5) is 0 Å². The van der Waals surface area contributed by atoms with Crippen LogP contribution in [0.2, 0.25) is 5.02 Å². The van der Waals surface area contributed by atoms with Gasteiger partial charge < -0.3 is 20.5 Å². The van der Waals surface area contributed by atoms with Crippen molar-refractivity contribution in [1.29, 1.82) is 0 Å². The topological polar surface area (TPSA) is 106 Å². The molecule has 3 aromatic rings. The van der Waals surface area contributed by atoms with Crippen molar-refractivity contribution in [2.24, 2.45) is 5.73 Å². The van der Waals surface area contributed by atoms with Gasteiger partial charge in [0.1, 0.15) is 17.0 Å². The number of hydrogen-bond donors (Lipinski definition) is 3. The summed E-state index contributed by atoms with van der Waals surface area (Å²) in [6.45, 7) is -0.287. The van der Waals surface area contributed by atoms with Crippen LogP contribution in [0.5, 0.6) is 0 Å². The first kappa shape index (κ1) is 20.1. The minimum absolute atomic E-state index is 0.141. The fourth-order valence-electron chi connectivity index (χ4n) is 2.94. The van der Waals surface area contributed by atoms with Crippen molar-refractivity contribution in [2.75, 3.05) is 13.2 Å². The molecule has 0 bridgehead atoms. The smallest absolute Gasteiger partial charge is 0.254 e. The van der Waals surface area contributed by atoms with Gasteiger partial charge >= 0.3 is 0 Å². The van der Waals surface area contributed by atoms with Crippen LogP contribution in [-0.2, 0) is 13.0 Å². The molecule has 1 amide bonds. The number of nitrogens with two attached hydrogens (primary N) is 1. The van der Waals surface area contributed by atoms with Gasteiger partial charge in [-0.15, -0.1) is 11.3 Å². The predicted molar refractivity (Wildman–Crippen MR) is 110 cm³/mol. The molecule has 1 aromatic carbocycles. The third kappa shape index (κ3) is 3.96. The summed E-state index contributed by atoms with van der Waals surface area (Å²) in [6, 6.07) is 7.20. The summed E-state index contributed by atoms with van der Waals surface area (Å²) in [5.74, 6) is 4.67. The molecule has 0 saturated carbocycles. The number of aromatic nitrogens is 1. The predicted octanol–water partition coefficient (Wildman–Crippen LogP) is 1.74. The van der Waals surface area contributed by atoms with E-state index in [2.05, 4.69) is 11.8 Å². The van der Waals surface area contributed by atoms with Crippen molar-refractivity contribution in [3.63, 3.8) is 0 Å². The molecule has 8 heteroatoms. The molecule has 4 N–H and O–H groups in total. The normalized spacial score (nSPS) is 10.7. The Morgan fingerprint density at radius 2 is 1.96 bits per heavy atom. The highest BCUT2D eigenvalue weighted by Gasteiger charge is 2.21. The second-order valence-electron chi connectivity index (χ2n) is 6.01. The van der Waals surface area contributed by atoms with Crippen LogP contribution >= 0.6 is 22.9 Å². The van der Waals surface area contributed by atoms with E-state index in [1.54, 1.807) is 16.7 Å². The molecule has 6 nitrogen and oxygen atoms in total. The van der Waals surface area contributed by atoms with Crippen molar-refractivity contribution in [3.05, 3.63) is 67.3 Å². The lowest BCUT2D eigenvalue weighted by Crippen LogP contribution is -2.24. The zero-order chi connectivity index (χ0) is 20.3. The molecule has 2 aromatic heterocycles. The van der Waals surface area contributed by atoms with Crippen molar-refractivity contribution in [3.8, 4) is 11.8 Å². The molecule has 0 atom stereocenters. The fraction of sp³-hybridized carbons (Fsp3) is 0.200. The van der Waals surface area contributed by atoms with E-state index in [1.807, 2.05) is 12.1 Å². The SMILES string of the molecule is NC(=O)c1cn(CCO)c2sc(C#CCO)c(Cc3ccc(Cl)cc3)c2c1=O. The van der Waals surface area contributed by atoms with Gasteiger partial charge in [0.05, 0.1) is 16.9 Å². The number of carbonyl (C=O) groups is 1. The number of pyridine rings is 1. The minimum Gasteiger partial charge on any atom is -0.395 e. The van der Waals surface area contributed by atoms with Crippen molar-refractivity contribution in [2.45, 2.75) is 13.0 Å². The number of aliphatic hydroxyl groups excluding tert-OH is 2. The number of thiophene rings is 1. The fourth-order valence-corrected chi connectivity index (χ4v) is 4.26. The highest BCUT2D eigenvalue weighted by atomic mass is 35.5. The van der Waals surface area contributed by atoms with E-state index in [0.29, 0.717) is 32.1 Å². The van der Waals surface area contributed by atoms with Crippen molar-refractivity contribution < 1.29 is 15.0 Å². The molecule has 0 aliphatic carbocycles. The molecule has 0 aliphatic rings. The average molecular weight is 417 g/mol. The number of halogens is 1. The molecule has 2 heterocycles. The summed E-state index contributed by atoms with van der Waals surface area (Å²) in [7, 11) is 0. The number of benzene rings is 1. The first-order valence-corrected chi connectivity index (χ1v) is 9.59. The first-order chi connectivity index (χ1) is 13.5. The van der Waals surface area contributed by atoms with E-state index in [1.165, 1.54) is 17.5 Å². The van der Waals surface area contributed by atoms with Crippen LogP contribution in [0.25, 0.3) is 10.2 Å². The van der Waals surface area contributed by atoms with Crippen LogP contribution < -0.4 is 11.2 Å². The number of primary amides is 1. The first-order valence-electron chi connectivity index (χ1n) is 8.40. The molecule has 0 spiro atoms. The maximum Gasteiger partial charge on any atom is 0.254 e.